The Morgan fingerprint density at radius 1 is 1.47 bits per heavy atom. The Morgan fingerprint density at radius 3 is 2.93 bits per heavy atom. The van der Waals surface area contributed by atoms with Crippen molar-refractivity contribution in [3.05, 3.63) is 11.8 Å². The summed E-state index contributed by atoms with van der Waals surface area (Å²) in [6.07, 6.45) is 0.810. The summed E-state index contributed by atoms with van der Waals surface area (Å²) in [7, 11) is 0. The predicted molar refractivity (Wildman–Crippen MR) is 56.4 cm³/mol. The Balaban J connectivity index is 1.90. The number of hydrogen-bond acceptors (Lipinski definition) is 5. The molecule has 1 N–H and O–H groups in total. The van der Waals surface area contributed by atoms with Crippen LogP contribution in [0.2, 0.25) is 0 Å². The van der Waals surface area contributed by atoms with Crippen LogP contribution in [0, 0.1) is 0 Å². The second-order valence-electron chi connectivity index (χ2n) is 4.03. The lowest BCUT2D eigenvalue weighted by Gasteiger charge is -2.30. The van der Waals surface area contributed by atoms with E-state index in [-0.39, 0.29) is 0 Å². The molecule has 0 aromatic carbocycles. The van der Waals surface area contributed by atoms with Crippen molar-refractivity contribution in [2.45, 2.75) is 32.9 Å². The van der Waals surface area contributed by atoms with E-state index in [2.05, 4.69) is 27.3 Å². The maximum Gasteiger partial charge on any atom is 0.230 e. The molecule has 5 heteroatoms. The van der Waals surface area contributed by atoms with Crippen LogP contribution in [-0.2, 0) is 13.0 Å². The van der Waals surface area contributed by atoms with Crippen molar-refractivity contribution in [3.8, 4) is 0 Å². The van der Waals surface area contributed by atoms with E-state index in [1.54, 1.807) is 0 Å². The molecule has 0 aliphatic carbocycles. The van der Waals surface area contributed by atoms with Gasteiger partial charge in [-0.3, -0.25) is 4.90 Å². The zero-order valence-corrected chi connectivity index (χ0v) is 9.36. The van der Waals surface area contributed by atoms with Crippen LogP contribution in [0.15, 0.2) is 4.42 Å². The molecular weight excluding hydrogens is 192 g/mol. The van der Waals surface area contributed by atoms with Gasteiger partial charge in [-0.2, -0.15) is 0 Å². The number of aromatic nitrogens is 2. The summed E-state index contributed by atoms with van der Waals surface area (Å²) < 4.78 is 5.49. The minimum Gasteiger partial charge on any atom is -0.424 e. The third-order valence-corrected chi connectivity index (χ3v) is 2.62. The van der Waals surface area contributed by atoms with Gasteiger partial charge in [-0.1, -0.05) is 6.92 Å². The van der Waals surface area contributed by atoms with Crippen molar-refractivity contribution < 1.29 is 4.42 Å². The lowest BCUT2D eigenvalue weighted by atomic mass is 10.2. The summed E-state index contributed by atoms with van der Waals surface area (Å²) in [5.74, 6) is 1.47. The highest BCUT2D eigenvalue weighted by Gasteiger charge is 2.17. The first kappa shape index (κ1) is 10.6. The molecule has 0 amide bonds. The lowest BCUT2D eigenvalue weighted by Crippen LogP contribution is -2.48. The van der Waals surface area contributed by atoms with E-state index in [9.17, 15) is 0 Å². The van der Waals surface area contributed by atoms with E-state index in [4.69, 9.17) is 4.42 Å². The molecule has 1 saturated heterocycles. The minimum absolute atomic E-state index is 0.548. The first-order chi connectivity index (χ1) is 7.28. The van der Waals surface area contributed by atoms with Crippen LogP contribution < -0.4 is 5.32 Å². The molecule has 1 unspecified atom stereocenters. The highest BCUT2D eigenvalue weighted by Crippen LogP contribution is 2.07. The number of piperazine rings is 1. The van der Waals surface area contributed by atoms with Gasteiger partial charge in [-0.05, 0) is 6.92 Å². The van der Waals surface area contributed by atoms with E-state index < -0.39 is 0 Å². The second kappa shape index (κ2) is 4.72. The molecule has 2 rings (SSSR count). The van der Waals surface area contributed by atoms with E-state index in [0.717, 1.165) is 44.4 Å². The largest absolute Gasteiger partial charge is 0.424 e. The Bertz CT molecular complexity index is 312. The molecule has 1 aromatic heterocycles. The lowest BCUT2D eigenvalue weighted by molar-refractivity contribution is 0.182. The fourth-order valence-corrected chi connectivity index (χ4v) is 1.84. The molecule has 5 nitrogen and oxygen atoms in total. The van der Waals surface area contributed by atoms with Crippen molar-refractivity contribution in [2.24, 2.45) is 0 Å². The molecule has 1 aromatic rings. The number of hydrogen-bond donors (Lipinski definition) is 1. The van der Waals surface area contributed by atoms with Gasteiger partial charge in [0.2, 0.25) is 11.8 Å². The molecule has 1 aliphatic heterocycles. The summed E-state index contributed by atoms with van der Waals surface area (Å²) in [5, 5.41) is 11.4. The van der Waals surface area contributed by atoms with Gasteiger partial charge in [-0.25, -0.2) is 0 Å². The Morgan fingerprint density at radius 2 is 2.27 bits per heavy atom. The fraction of sp³-hybridized carbons (Fsp3) is 0.800. The number of rotatable bonds is 3. The van der Waals surface area contributed by atoms with Gasteiger partial charge in [0.15, 0.2) is 0 Å². The van der Waals surface area contributed by atoms with Gasteiger partial charge in [0.1, 0.15) is 0 Å². The summed E-state index contributed by atoms with van der Waals surface area (Å²) in [6, 6.07) is 0.548. The van der Waals surface area contributed by atoms with Crippen molar-refractivity contribution >= 4 is 0 Å². The first-order valence-corrected chi connectivity index (χ1v) is 5.55. The summed E-state index contributed by atoms with van der Waals surface area (Å²) in [6.45, 7) is 8.12. The highest BCUT2D eigenvalue weighted by atomic mass is 16.4. The molecular formula is C10H18N4O. The average Bonchev–Trinajstić information content (AvgIpc) is 2.65. The van der Waals surface area contributed by atoms with Crippen LogP contribution in [0.25, 0.3) is 0 Å². The number of nitrogens with one attached hydrogen (secondary N) is 1. The van der Waals surface area contributed by atoms with Gasteiger partial charge in [0.05, 0.1) is 6.54 Å². The Hall–Kier alpha value is -0.940. The third kappa shape index (κ3) is 2.76. The van der Waals surface area contributed by atoms with E-state index in [0.29, 0.717) is 6.04 Å². The van der Waals surface area contributed by atoms with Crippen LogP contribution in [0.4, 0.5) is 0 Å². The van der Waals surface area contributed by atoms with E-state index in [1.807, 2.05) is 6.92 Å². The highest BCUT2D eigenvalue weighted by molar-refractivity contribution is 4.84. The SMILES string of the molecule is CCc1nnc(CN2CCNC(C)C2)o1. The van der Waals surface area contributed by atoms with Crippen LogP contribution in [0.1, 0.15) is 25.6 Å². The second-order valence-corrected chi connectivity index (χ2v) is 4.03. The van der Waals surface area contributed by atoms with Crippen molar-refractivity contribution in [3.63, 3.8) is 0 Å². The molecule has 0 bridgehead atoms. The van der Waals surface area contributed by atoms with Crippen molar-refractivity contribution in [1.82, 2.24) is 20.4 Å². The molecule has 84 valence electrons. The van der Waals surface area contributed by atoms with Gasteiger partial charge in [0, 0.05) is 32.1 Å². The number of aryl methyl sites for hydroxylation is 1. The van der Waals surface area contributed by atoms with Gasteiger partial charge >= 0.3 is 0 Å². The van der Waals surface area contributed by atoms with Gasteiger partial charge in [0.25, 0.3) is 0 Å². The zero-order valence-electron chi connectivity index (χ0n) is 9.36. The van der Waals surface area contributed by atoms with Crippen LogP contribution in [0.5, 0.6) is 0 Å². The summed E-state index contributed by atoms with van der Waals surface area (Å²) in [5.41, 5.74) is 0. The van der Waals surface area contributed by atoms with Crippen LogP contribution in [0.3, 0.4) is 0 Å². The van der Waals surface area contributed by atoms with Crippen molar-refractivity contribution in [2.75, 3.05) is 19.6 Å². The van der Waals surface area contributed by atoms with Crippen molar-refractivity contribution in [1.29, 1.82) is 0 Å². The summed E-state index contributed by atoms with van der Waals surface area (Å²) in [4.78, 5) is 2.34. The average molecular weight is 210 g/mol. The van der Waals surface area contributed by atoms with Gasteiger partial charge < -0.3 is 9.73 Å². The normalized spacial score (nSPS) is 23.2. The molecule has 0 radical (unpaired) electrons. The van der Waals surface area contributed by atoms with E-state index >= 15 is 0 Å². The summed E-state index contributed by atoms with van der Waals surface area (Å²) >= 11 is 0. The maximum absolute atomic E-state index is 5.49. The van der Waals surface area contributed by atoms with Crippen LogP contribution >= 0.6 is 0 Å². The molecule has 0 spiro atoms. The van der Waals surface area contributed by atoms with E-state index in [1.165, 1.54) is 0 Å². The zero-order chi connectivity index (χ0) is 10.7. The standard InChI is InChI=1S/C10H18N4O/c1-3-9-12-13-10(15-9)7-14-5-4-11-8(2)6-14/h8,11H,3-7H2,1-2H3. The molecule has 1 aliphatic rings. The molecule has 1 atom stereocenters. The van der Waals surface area contributed by atoms with Gasteiger partial charge in [-0.15, -0.1) is 10.2 Å². The number of nitrogens with zero attached hydrogens (tertiary/aromatic N) is 3. The Kier molecular flexibility index (Phi) is 3.33. The minimum atomic E-state index is 0.548. The van der Waals surface area contributed by atoms with Crippen LogP contribution in [-0.4, -0.2) is 40.8 Å². The molecule has 15 heavy (non-hydrogen) atoms. The fourth-order valence-electron chi connectivity index (χ4n) is 1.84. The quantitative estimate of drug-likeness (QED) is 0.784. The maximum atomic E-state index is 5.49. The third-order valence-electron chi connectivity index (χ3n) is 2.62. The smallest absolute Gasteiger partial charge is 0.230 e. The molecule has 0 saturated carbocycles. The molecule has 2 heterocycles. The predicted octanol–water partition coefficient (Wildman–Crippen LogP) is 0.426. The monoisotopic (exact) mass is 210 g/mol. The first-order valence-electron chi connectivity index (χ1n) is 5.55. The Labute approximate surface area is 89.9 Å². The molecule has 1 fully saturated rings. The topological polar surface area (TPSA) is 54.2 Å².